The van der Waals surface area contributed by atoms with E-state index in [4.69, 9.17) is 0 Å². The average molecular weight is 336 g/mol. The molecular weight excluding hydrogens is 320 g/mol. The van der Waals surface area contributed by atoms with E-state index in [-0.39, 0.29) is 19.7 Å². The van der Waals surface area contributed by atoms with E-state index in [0.29, 0.717) is 6.42 Å². The Labute approximate surface area is 134 Å². The van der Waals surface area contributed by atoms with Crippen LogP contribution in [0.5, 0.6) is 0 Å². The van der Waals surface area contributed by atoms with Crippen LogP contribution in [-0.4, -0.2) is 55.4 Å². The van der Waals surface area contributed by atoms with Crippen LogP contribution in [-0.2, 0) is 19.6 Å². The number of carbonyl (C=O) groups excluding carboxylic acids is 2. The van der Waals surface area contributed by atoms with Gasteiger partial charge in [0.1, 0.15) is 0 Å². The van der Waals surface area contributed by atoms with E-state index in [2.05, 4.69) is 4.74 Å². The molecule has 8 heteroatoms. The second-order valence-electron chi connectivity index (χ2n) is 5.38. The fourth-order valence-corrected chi connectivity index (χ4v) is 3.93. The van der Waals surface area contributed by atoms with Crippen LogP contribution in [0, 0.1) is 0 Å². The molecule has 0 aliphatic carbocycles. The number of imide groups is 1. The molecule has 0 N–H and O–H groups in total. The Kier molecular flexibility index (Phi) is 4.18. The molecule has 2 heterocycles. The predicted octanol–water partition coefficient (Wildman–Crippen LogP) is 1.04. The van der Waals surface area contributed by atoms with Gasteiger partial charge in [0.15, 0.2) is 6.61 Å². The van der Waals surface area contributed by atoms with E-state index in [1.54, 1.807) is 12.1 Å². The Balaban J connectivity index is 1.69. The fraction of sp³-hybridized carbons (Fsp3) is 0.333. The van der Waals surface area contributed by atoms with Crippen molar-refractivity contribution in [2.24, 2.45) is 0 Å². The number of ether oxygens (including phenoxy) is 1. The Morgan fingerprint density at radius 1 is 1.17 bits per heavy atom. The van der Waals surface area contributed by atoms with Crippen molar-refractivity contribution < 1.29 is 22.7 Å². The predicted molar refractivity (Wildman–Crippen MR) is 82.6 cm³/mol. The van der Waals surface area contributed by atoms with Crippen LogP contribution in [0.3, 0.4) is 0 Å². The normalized spacial score (nSPS) is 23.0. The molecule has 2 fully saturated rings. The van der Waals surface area contributed by atoms with Crippen LogP contribution in [0.1, 0.15) is 12.0 Å². The van der Waals surface area contributed by atoms with E-state index in [1.807, 2.05) is 18.2 Å². The summed E-state index contributed by atoms with van der Waals surface area (Å²) in [7, 11) is -3.59. The second-order valence-corrected chi connectivity index (χ2v) is 7.20. The van der Waals surface area contributed by atoms with Crippen molar-refractivity contribution in [3.63, 3.8) is 0 Å². The molecule has 7 nitrogen and oxygen atoms in total. The van der Waals surface area contributed by atoms with Gasteiger partial charge in [-0.05, 0) is 18.1 Å². The third-order valence-corrected chi connectivity index (χ3v) is 5.40. The largest absolute Gasteiger partial charge is 0.439 e. The molecule has 0 spiro atoms. The van der Waals surface area contributed by atoms with Crippen LogP contribution in [0.4, 0.5) is 4.79 Å². The highest BCUT2D eigenvalue weighted by Crippen LogP contribution is 2.23. The highest BCUT2D eigenvalue weighted by atomic mass is 32.2. The third-order valence-electron chi connectivity index (χ3n) is 3.87. The fourth-order valence-electron chi connectivity index (χ4n) is 2.68. The van der Waals surface area contributed by atoms with Crippen LogP contribution >= 0.6 is 0 Å². The number of rotatable bonds is 4. The molecule has 122 valence electrons. The second kappa shape index (κ2) is 6.13. The summed E-state index contributed by atoms with van der Waals surface area (Å²) < 4.78 is 30.6. The third kappa shape index (κ3) is 3.27. The highest BCUT2D eigenvalue weighted by molar-refractivity contribution is 7.92. The number of hydrogen-bond donors (Lipinski definition) is 0. The van der Waals surface area contributed by atoms with Crippen molar-refractivity contribution in [3.05, 3.63) is 41.3 Å². The lowest BCUT2D eigenvalue weighted by atomic mass is 10.2. The van der Waals surface area contributed by atoms with Crippen LogP contribution < -0.4 is 0 Å². The molecule has 0 saturated carbocycles. The molecule has 2 aliphatic heterocycles. The Hall–Kier alpha value is -2.19. The zero-order valence-corrected chi connectivity index (χ0v) is 13.1. The summed E-state index contributed by atoms with van der Waals surface area (Å²) in [5.74, 6) is -0.418. The molecule has 0 radical (unpaired) electrons. The molecule has 2 aliphatic rings. The van der Waals surface area contributed by atoms with Crippen LogP contribution in [0.2, 0.25) is 0 Å². The van der Waals surface area contributed by atoms with Crippen LogP contribution in [0.15, 0.2) is 35.7 Å². The minimum Gasteiger partial charge on any atom is -0.439 e. The van der Waals surface area contributed by atoms with Crippen molar-refractivity contribution >= 4 is 28.1 Å². The lowest BCUT2D eigenvalue weighted by Crippen LogP contribution is -2.41. The van der Waals surface area contributed by atoms with Gasteiger partial charge in [-0.2, -0.15) is 4.31 Å². The zero-order valence-electron chi connectivity index (χ0n) is 12.3. The number of carbonyl (C=O) groups is 2. The van der Waals surface area contributed by atoms with Gasteiger partial charge in [-0.1, -0.05) is 30.3 Å². The van der Waals surface area contributed by atoms with Gasteiger partial charge >= 0.3 is 6.09 Å². The smallest absolute Gasteiger partial charge is 0.417 e. The maximum atomic E-state index is 12.3. The Bertz CT molecular complexity index is 728. The summed E-state index contributed by atoms with van der Waals surface area (Å²) in [4.78, 5) is 24.2. The SMILES string of the molecule is O=C1COC(=O)N1C1CCN(S(=O)(=O)C=Cc2ccccc2)C1. The minimum absolute atomic E-state index is 0.0995. The summed E-state index contributed by atoms with van der Waals surface area (Å²) in [6.45, 7) is 0.0987. The lowest BCUT2D eigenvalue weighted by molar-refractivity contribution is -0.127. The quantitative estimate of drug-likeness (QED) is 0.820. The Morgan fingerprint density at radius 3 is 2.57 bits per heavy atom. The van der Waals surface area contributed by atoms with Crippen molar-refractivity contribution in [2.75, 3.05) is 19.7 Å². The number of benzene rings is 1. The minimum atomic E-state index is -3.59. The lowest BCUT2D eigenvalue weighted by Gasteiger charge is -2.19. The van der Waals surface area contributed by atoms with E-state index < -0.39 is 28.1 Å². The first-order valence-electron chi connectivity index (χ1n) is 7.19. The van der Waals surface area contributed by atoms with Crippen molar-refractivity contribution in [1.29, 1.82) is 0 Å². The molecule has 3 rings (SSSR count). The van der Waals surface area contributed by atoms with Gasteiger partial charge in [0.25, 0.3) is 5.91 Å². The number of sulfonamides is 1. The molecule has 1 atom stereocenters. The molecule has 0 bridgehead atoms. The summed E-state index contributed by atoms with van der Waals surface area (Å²) in [5, 5.41) is 1.15. The maximum Gasteiger partial charge on any atom is 0.417 e. The zero-order chi connectivity index (χ0) is 16.4. The van der Waals surface area contributed by atoms with Gasteiger partial charge in [-0.15, -0.1) is 0 Å². The van der Waals surface area contributed by atoms with E-state index in [9.17, 15) is 18.0 Å². The number of cyclic esters (lactones) is 1. The maximum absolute atomic E-state index is 12.3. The first-order valence-corrected chi connectivity index (χ1v) is 8.70. The number of amides is 2. The number of hydrogen-bond acceptors (Lipinski definition) is 5. The first-order chi connectivity index (χ1) is 11.0. The van der Waals surface area contributed by atoms with Gasteiger partial charge in [-0.3, -0.25) is 4.79 Å². The van der Waals surface area contributed by atoms with Gasteiger partial charge < -0.3 is 4.74 Å². The molecule has 2 amide bonds. The summed E-state index contributed by atoms with van der Waals surface area (Å²) in [5.41, 5.74) is 0.783. The topological polar surface area (TPSA) is 84.0 Å². The van der Waals surface area contributed by atoms with Gasteiger partial charge in [0.05, 0.1) is 6.04 Å². The van der Waals surface area contributed by atoms with Gasteiger partial charge in [-0.25, -0.2) is 18.1 Å². The van der Waals surface area contributed by atoms with E-state index >= 15 is 0 Å². The summed E-state index contributed by atoms with van der Waals surface area (Å²) in [6.07, 6.45) is 1.25. The van der Waals surface area contributed by atoms with Gasteiger partial charge in [0, 0.05) is 18.5 Å². The molecular formula is C15H16N2O5S. The van der Waals surface area contributed by atoms with E-state index in [1.165, 1.54) is 10.4 Å². The molecule has 1 aromatic rings. The van der Waals surface area contributed by atoms with Gasteiger partial charge in [0.2, 0.25) is 10.0 Å². The molecule has 1 unspecified atom stereocenters. The molecule has 23 heavy (non-hydrogen) atoms. The number of nitrogens with zero attached hydrogens (tertiary/aromatic N) is 2. The van der Waals surface area contributed by atoms with Crippen LogP contribution in [0.25, 0.3) is 6.08 Å². The van der Waals surface area contributed by atoms with Crippen molar-refractivity contribution in [3.8, 4) is 0 Å². The Morgan fingerprint density at radius 2 is 1.91 bits per heavy atom. The van der Waals surface area contributed by atoms with Crippen molar-refractivity contribution in [2.45, 2.75) is 12.5 Å². The monoisotopic (exact) mass is 336 g/mol. The standard InChI is InChI=1S/C15H16N2O5S/c18-14-11-22-15(19)17(14)13-6-8-16(10-13)23(20,21)9-7-12-4-2-1-3-5-12/h1-5,7,9,13H,6,8,10-11H2. The molecule has 2 saturated heterocycles. The first kappa shape index (κ1) is 15.7. The summed E-state index contributed by atoms with van der Waals surface area (Å²) in [6, 6.07) is 8.64. The molecule has 0 aromatic heterocycles. The van der Waals surface area contributed by atoms with Crippen molar-refractivity contribution in [1.82, 2.24) is 9.21 Å². The average Bonchev–Trinajstić information content (AvgIpc) is 3.14. The van der Waals surface area contributed by atoms with E-state index in [0.717, 1.165) is 15.9 Å². The molecule has 1 aromatic carbocycles. The highest BCUT2D eigenvalue weighted by Gasteiger charge is 2.42. The summed E-state index contributed by atoms with van der Waals surface area (Å²) >= 11 is 0.